The third-order valence-corrected chi connectivity index (χ3v) is 1.22. The van der Waals surface area contributed by atoms with Crippen molar-refractivity contribution in [2.24, 2.45) is 10.2 Å². The van der Waals surface area contributed by atoms with Crippen molar-refractivity contribution >= 4 is 5.69 Å². The summed E-state index contributed by atoms with van der Waals surface area (Å²) in [4.78, 5) is 0. The van der Waals surface area contributed by atoms with Gasteiger partial charge in [0.1, 0.15) is 0 Å². The highest BCUT2D eigenvalue weighted by molar-refractivity contribution is 5.37. The van der Waals surface area contributed by atoms with E-state index in [0.29, 0.717) is 0 Å². The molecule has 1 rings (SSSR count). The molecule has 1 radical (unpaired) electrons. The van der Waals surface area contributed by atoms with Crippen LogP contribution in [0, 0.1) is 14.0 Å². The van der Waals surface area contributed by atoms with Crippen molar-refractivity contribution in [1.82, 2.24) is 0 Å². The van der Waals surface area contributed by atoms with E-state index in [0.717, 1.165) is 5.69 Å². The van der Waals surface area contributed by atoms with Crippen molar-refractivity contribution in [3.05, 3.63) is 36.9 Å². The van der Waals surface area contributed by atoms with Crippen LogP contribution in [0.15, 0.2) is 34.5 Å². The molecular formula is C8H9N2. The predicted octanol–water partition coefficient (Wildman–Crippen LogP) is 2.87. The van der Waals surface area contributed by atoms with Gasteiger partial charge in [-0.2, -0.15) is 10.2 Å². The molecule has 2 heteroatoms. The van der Waals surface area contributed by atoms with E-state index in [-0.39, 0.29) is 0 Å². The van der Waals surface area contributed by atoms with Gasteiger partial charge in [-0.1, -0.05) is 17.7 Å². The third kappa shape index (κ3) is 1.65. The molecular weight excluding hydrogens is 124 g/mol. The summed E-state index contributed by atoms with van der Waals surface area (Å²) in [5.41, 5.74) is 2.07. The minimum atomic E-state index is 0.848. The smallest absolute Gasteiger partial charge is 0.0852 e. The highest BCUT2D eigenvalue weighted by Gasteiger charge is 1.85. The standard InChI is InChI=1S/C8H9N2/c1-7-3-5-8(6-4-7)10-9-2/h3-6H,2H2,1H3. The van der Waals surface area contributed by atoms with Crippen LogP contribution in [0.25, 0.3) is 0 Å². The van der Waals surface area contributed by atoms with Gasteiger partial charge >= 0.3 is 0 Å². The van der Waals surface area contributed by atoms with E-state index >= 15 is 0 Å². The lowest BCUT2D eigenvalue weighted by molar-refractivity contribution is 1.22. The van der Waals surface area contributed by atoms with Gasteiger partial charge in [-0.25, -0.2) is 0 Å². The number of aryl methyl sites for hydroxylation is 1. The average Bonchev–Trinajstić information content (AvgIpc) is 1.95. The van der Waals surface area contributed by atoms with Crippen molar-refractivity contribution in [2.45, 2.75) is 6.92 Å². The maximum atomic E-state index is 3.76. The topological polar surface area (TPSA) is 24.7 Å². The predicted molar refractivity (Wildman–Crippen MR) is 41.1 cm³/mol. The second-order valence-electron chi connectivity index (χ2n) is 2.08. The molecule has 1 aromatic rings. The van der Waals surface area contributed by atoms with Crippen LogP contribution in [-0.2, 0) is 0 Å². The Morgan fingerprint density at radius 2 is 1.80 bits per heavy atom. The lowest BCUT2D eigenvalue weighted by Crippen LogP contribution is -1.66. The van der Waals surface area contributed by atoms with Gasteiger partial charge in [-0.3, -0.25) is 0 Å². The van der Waals surface area contributed by atoms with Crippen LogP contribution >= 0.6 is 0 Å². The van der Waals surface area contributed by atoms with Crippen molar-refractivity contribution < 1.29 is 0 Å². The maximum absolute atomic E-state index is 3.76. The quantitative estimate of drug-likeness (QED) is 0.526. The van der Waals surface area contributed by atoms with Crippen LogP contribution < -0.4 is 0 Å². The summed E-state index contributed by atoms with van der Waals surface area (Å²) < 4.78 is 0. The molecule has 0 saturated carbocycles. The van der Waals surface area contributed by atoms with E-state index in [1.165, 1.54) is 5.56 Å². The lowest BCUT2D eigenvalue weighted by Gasteiger charge is -1.90. The fourth-order valence-electron chi connectivity index (χ4n) is 0.693. The average molecular weight is 133 g/mol. The second kappa shape index (κ2) is 3.11. The summed E-state index contributed by atoms with van der Waals surface area (Å²) in [7, 11) is 3.26. The van der Waals surface area contributed by atoms with Gasteiger partial charge in [-0.05, 0) is 19.1 Å². The first-order valence-electron chi connectivity index (χ1n) is 3.06. The van der Waals surface area contributed by atoms with Crippen LogP contribution in [-0.4, -0.2) is 0 Å². The number of hydrogen-bond donors (Lipinski definition) is 0. The van der Waals surface area contributed by atoms with Crippen LogP contribution in [0.2, 0.25) is 0 Å². The van der Waals surface area contributed by atoms with Gasteiger partial charge < -0.3 is 0 Å². The largest absolute Gasteiger partial charge is 0.187 e. The number of benzene rings is 1. The van der Waals surface area contributed by atoms with Crippen LogP contribution in [0.3, 0.4) is 0 Å². The highest BCUT2D eigenvalue weighted by Crippen LogP contribution is 2.11. The molecule has 0 heterocycles. The van der Waals surface area contributed by atoms with Crippen molar-refractivity contribution in [1.29, 1.82) is 0 Å². The first-order valence-corrected chi connectivity index (χ1v) is 3.06. The van der Waals surface area contributed by atoms with E-state index in [1.807, 2.05) is 31.2 Å². The molecule has 2 nitrogen and oxygen atoms in total. The molecule has 0 aliphatic carbocycles. The lowest BCUT2D eigenvalue weighted by atomic mass is 10.2. The molecule has 0 amide bonds. The summed E-state index contributed by atoms with van der Waals surface area (Å²) in [5.74, 6) is 0. The summed E-state index contributed by atoms with van der Waals surface area (Å²) in [5, 5.41) is 7.17. The SMILES string of the molecule is [CH2]N=Nc1ccc(C)cc1. The van der Waals surface area contributed by atoms with Gasteiger partial charge in [-0.15, -0.1) is 0 Å². The molecule has 0 fully saturated rings. The zero-order chi connectivity index (χ0) is 7.40. The molecule has 0 atom stereocenters. The Bertz CT molecular complexity index is 224. The molecule has 1 aromatic carbocycles. The van der Waals surface area contributed by atoms with Gasteiger partial charge in [0.15, 0.2) is 0 Å². The first-order chi connectivity index (χ1) is 4.83. The molecule has 0 aliphatic heterocycles. The molecule has 0 N–H and O–H groups in total. The van der Waals surface area contributed by atoms with Crippen LogP contribution in [0.5, 0.6) is 0 Å². The summed E-state index contributed by atoms with van der Waals surface area (Å²) >= 11 is 0. The number of nitrogens with zero attached hydrogens (tertiary/aromatic N) is 2. The van der Waals surface area contributed by atoms with Gasteiger partial charge in [0.05, 0.1) is 12.7 Å². The minimum absolute atomic E-state index is 0.848. The molecule has 0 aromatic heterocycles. The zero-order valence-electron chi connectivity index (χ0n) is 5.91. The van der Waals surface area contributed by atoms with E-state index < -0.39 is 0 Å². The highest BCUT2D eigenvalue weighted by atomic mass is 15.1. The fourth-order valence-corrected chi connectivity index (χ4v) is 0.693. The van der Waals surface area contributed by atoms with E-state index in [1.54, 1.807) is 0 Å². The Kier molecular flexibility index (Phi) is 2.15. The third-order valence-electron chi connectivity index (χ3n) is 1.22. The van der Waals surface area contributed by atoms with Crippen molar-refractivity contribution in [2.75, 3.05) is 0 Å². The Hall–Kier alpha value is -1.18. The van der Waals surface area contributed by atoms with Crippen LogP contribution in [0.1, 0.15) is 5.56 Å². The molecule has 0 unspecified atom stereocenters. The van der Waals surface area contributed by atoms with Crippen molar-refractivity contribution in [3.63, 3.8) is 0 Å². The maximum Gasteiger partial charge on any atom is 0.0852 e. The molecule has 10 heavy (non-hydrogen) atoms. The van der Waals surface area contributed by atoms with E-state index in [9.17, 15) is 0 Å². The second-order valence-corrected chi connectivity index (χ2v) is 2.08. The Morgan fingerprint density at radius 1 is 1.20 bits per heavy atom. The Labute approximate surface area is 60.6 Å². The fraction of sp³-hybridized carbons (Fsp3) is 0.125. The summed E-state index contributed by atoms with van der Waals surface area (Å²) in [6, 6.07) is 7.79. The minimum Gasteiger partial charge on any atom is -0.187 e. The number of azo groups is 1. The summed E-state index contributed by atoms with van der Waals surface area (Å²) in [6.45, 7) is 2.03. The normalized spacial score (nSPS) is 10.6. The van der Waals surface area contributed by atoms with Crippen LogP contribution in [0.4, 0.5) is 5.69 Å². The van der Waals surface area contributed by atoms with E-state index in [2.05, 4.69) is 17.3 Å². The summed E-state index contributed by atoms with van der Waals surface area (Å²) in [6.07, 6.45) is 0. The molecule has 0 bridgehead atoms. The van der Waals surface area contributed by atoms with Crippen molar-refractivity contribution in [3.8, 4) is 0 Å². The molecule has 0 saturated heterocycles. The molecule has 51 valence electrons. The number of hydrogen-bond acceptors (Lipinski definition) is 2. The zero-order valence-corrected chi connectivity index (χ0v) is 5.91. The van der Waals surface area contributed by atoms with Gasteiger partial charge in [0.2, 0.25) is 0 Å². The monoisotopic (exact) mass is 133 g/mol. The first kappa shape index (κ1) is 6.93. The number of rotatable bonds is 1. The molecule has 0 aliphatic rings. The van der Waals surface area contributed by atoms with E-state index in [4.69, 9.17) is 0 Å². The van der Waals surface area contributed by atoms with Gasteiger partial charge in [0.25, 0.3) is 0 Å². The Balaban J connectivity index is 2.89. The molecule has 0 spiro atoms. The Morgan fingerprint density at radius 3 is 2.30 bits per heavy atom. The van der Waals surface area contributed by atoms with Gasteiger partial charge in [0, 0.05) is 0 Å².